The standard InChI is InChI=1S/C16H18N2O6/c1-10(16(22)23)7-11(2)24-15(21)8-14(20)9-17-18-12-3-5-13(19)6-4-12/h3-7,11,19H,8-9H2,1-2H3,(H,22,23)/b10-7+,18-17?. The number of hydrogen-bond donors (Lipinski definition) is 2. The first kappa shape index (κ1) is 19.0. The maximum absolute atomic E-state index is 11.6. The first-order valence-electron chi connectivity index (χ1n) is 7.07. The van der Waals surface area contributed by atoms with Gasteiger partial charge in [0.25, 0.3) is 0 Å². The Labute approximate surface area is 138 Å². The Bertz CT molecular complexity index is 664. The van der Waals surface area contributed by atoms with Crippen LogP contribution >= 0.6 is 0 Å². The van der Waals surface area contributed by atoms with Gasteiger partial charge in [0.15, 0.2) is 5.78 Å². The van der Waals surface area contributed by atoms with E-state index in [2.05, 4.69) is 10.2 Å². The molecule has 0 fully saturated rings. The number of benzene rings is 1. The Balaban J connectivity index is 2.41. The smallest absolute Gasteiger partial charge is 0.331 e. The molecule has 0 radical (unpaired) electrons. The molecule has 8 nitrogen and oxygen atoms in total. The molecular formula is C16H18N2O6. The van der Waals surface area contributed by atoms with Crippen molar-refractivity contribution in [2.24, 2.45) is 10.2 Å². The number of hydrogen-bond acceptors (Lipinski definition) is 7. The Morgan fingerprint density at radius 1 is 1.25 bits per heavy atom. The molecule has 1 rings (SSSR count). The van der Waals surface area contributed by atoms with E-state index in [4.69, 9.17) is 14.9 Å². The van der Waals surface area contributed by atoms with Crippen LogP contribution in [0.5, 0.6) is 5.75 Å². The molecule has 0 aliphatic heterocycles. The van der Waals surface area contributed by atoms with E-state index >= 15 is 0 Å². The lowest BCUT2D eigenvalue weighted by Crippen LogP contribution is -2.18. The van der Waals surface area contributed by atoms with Crippen molar-refractivity contribution in [2.45, 2.75) is 26.4 Å². The largest absolute Gasteiger partial charge is 0.508 e. The zero-order valence-electron chi connectivity index (χ0n) is 13.3. The van der Waals surface area contributed by atoms with Crippen LogP contribution in [0.4, 0.5) is 5.69 Å². The van der Waals surface area contributed by atoms with E-state index in [0.29, 0.717) is 5.69 Å². The molecule has 1 unspecified atom stereocenters. The van der Waals surface area contributed by atoms with Crippen molar-refractivity contribution in [3.05, 3.63) is 35.9 Å². The molecule has 2 N–H and O–H groups in total. The van der Waals surface area contributed by atoms with Gasteiger partial charge >= 0.3 is 11.9 Å². The highest BCUT2D eigenvalue weighted by molar-refractivity contribution is 5.96. The molecule has 1 aromatic carbocycles. The first-order valence-corrected chi connectivity index (χ1v) is 7.07. The van der Waals surface area contributed by atoms with Crippen molar-refractivity contribution in [1.82, 2.24) is 0 Å². The molecule has 1 atom stereocenters. The highest BCUT2D eigenvalue weighted by Gasteiger charge is 2.14. The van der Waals surface area contributed by atoms with Gasteiger partial charge in [-0.05, 0) is 44.2 Å². The molecule has 8 heteroatoms. The number of phenolic OH excluding ortho intramolecular Hbond substituents is 1. The number of rotatable bonds is 8. The molecule has 128 valence electrons. The maximum Gasteiger partial charge on any atom is 0.331 e. The van der Waals surface area contributed by atoms with Gasteiger partial charge in [0.05, 0.1) is 5.69 Å². The van der Waals surface area contributed by atoms with Gasteiger partial charge in [-0.25, -0.2) is 4.79 Å². The summed E-state index contributed by atoms with van der Waals surface area (Å²) in [4.78, 5) is 33.8. The van der Waals surface area contributed by atoms with Gasteiger partial charge in [-0.2, -0.15) is 10.2 Å². The third kappa shape index (κ3) is 7.30. The molecule has 0 heterocycles. The fourth-order valence-corrected chi connectivity index (χ4v) is 1.64. The van der Waals surface area contributed by atoms with Gasteiger partial charge in [-0.15, -0.1) is 0 Å². The van der Waals surface area contributed by atoms with Crippen LogP contribution in [0.25, 0.3) is 0 Å². The number of azo groups is 1. The third-order valence-corrected chi connectivity index (χ3v) is 2.76. The predicted octanol–water partition coefficient (Wildman–Crippen LogP) is 2.40. The van der Waals surface area contributed by atoms with Crippen LogP contribution in [0.15, 0.2) is 46.1 Å². The Morgan fingerprint density at radius 3 is 2.46 bits per heavy atom. The number of carbonyl (C=O) groups excluding carboxylic acids is 2. The number of ketones is 1. The average molecular weight is 334 g/mol. The number of carboxylic acid groups (broad SMARTS) is 1. The van der Waals surface area contributed by atoms with Gasteiger partial charge in [0.1, 0.15) is 24.8 Å². The van der Waals surface area contributed by atoms with Crippen molar-refractivity contribution in [2.75, 3.05) is 6.54 Å². The van der Waals surface area contributed by atoms with Crippen molar-refractivity contribution in [1.29, 1.82) is 0 Å². The van der Waals surface area contributed by atoms with E-state index in [1.54, 1.807) is 0 Å². The lowest BCUT2D eigenvalue weighted by molar-refractivity contribution is -0.148. The van der Waals surface area contributed by atoms with Crippen LogP contribution in [0.3, 0.4) is 0 Å². The second-order valence-corrected chi connectivity index (χ2v) is 4.98. The van der Waals surface area contributed by atoms with Crippen LogP contribution in [0.1, 0.15) is 20.3 Å². The number of carbonyl (C=O) groups is 3. The molecule has 0 bridgehead atoms. The fraction of sp³-hybridized carbons (Fsp3) is 0.312. The third-order valence-electron chi connectivity index (χ3n) is 2.76. The molecule has 0 aliphatic carbocycles. The van der Waals surface area contributed by atoms with Gasteiger partial charge in [0, 0.05) is 5.57 Å². The van der Waals surface area contributed by atoms with Crippen LogP contribution in [0.2, 0.25) is 0 Å². The second kappa shape index (κ2) is 9.19. The molecule has 0 aliphatic rings. The molecule has 1 aromatic rings. The lowest BCUT2D eigenvalue weighted by Gasteiger charge is -2.09. The Morgan fingerprint density at radius 2 is 1.88 bits per heavy atom. The van der Waals surface area contributed by atoms with Crippen molar-refractivity contribution in [3.8, 4) is 5.75 Å². The van der Waals surface area contributed by atoms with E-state index in [1.807, 2.05) is 0 Å². The average Bonchev–Trinajstić information content (AvgIpc) is 2.48. The summed E-state index contributed by atoms with van der Waals surface area (Å²) >= 11 is 0. The van der Waals surface area contributed by atoms with Gasteiger partial charge in [-0.3, -0.25) is 9.59 Å². The summed E-state index contributed by atoms with van der Waals surface area (Å²) in [6.45, 7) is 2.59. The topological polar surface area (TPSA) is 126 Å². The number of aliphatic carboxylic acids is 1. The minimum atomic E-state index is -1.11. The van der Waals surface area contributed by atoms with E-state index in [-0.39, 0.29) is 17.9 Å². The van der Waals surface area contributed by atoms with Crippen molar-refractivity contribution < 1.29 is 29.3 Å². The molecule has 0 amide bonds. The molecule has 0 saturated heterocycles. The fourth-order valence-electron chi connectivity index (χ4n) is 1.64. The molecule has 0 spiro atoms. The summed E-state index contributed by atoms with van der Waals surface area (Å²) in [7, 11) is 0. The van der Waals surface area contributed by atoms with Gasteiger partial charge in [0.2, 0.25) is 0 Å². The molecule has 0 aromatic heterocycles. The van der Waals surface area contributed by atoms with Crippen LogP contribution in [0, 0.1) is 0 Å². The van der Waals surface area contributed by atoms with Crippen LogP contribution in [-0.4, -0.2) is 40.6 Å². The zero-order chi connectivity index (χ0) is 18.1. The first-order chi connectivity index (χ1) is 11.3. The molecular weight excluding hydrogens is 316 g/mol. The second-order valence-electron chi connectivity index (χ2n) is 4.98. The number of aromatic hydroxyl groups is 1. The number of Topliss-reactive ketones (excluding diaryl/α,β-unsaturated/α-hetero) is 1. The minimum Gasteiger partial charge on any atom is -0.508 e. The number of nitrogens with zero attached hydrogens (tertiary/aromatic N) is 2. The van der Waals surface area contributed by atoms with Crippen LogP contribution < -0.4 is 0 Å². The van der Waals surface area contributed by atoms with E-state index in [1.165, 1.54) is 44.2 Å². The Hall–Kier alpha value is -3.03. The summed E-state index contributed by atoms with van der Waals surface area (Å²) in [5.41, 5.74) is 0.510. The highest BCUT2D eigenvalue weighted by atomic mass is 16.5. The zero-order valence-corrected chi connectivity index (χ0v) is 13.3. The van der Waals surface area contributed by atoms with Gasteiger partial charge in [-0.1, -0.05) is 0 Å². The highest BCUT2D eigenvalue weighted by Crippen LogP contribution is 2.16. The van der Waals surface area contributed by atoms with E-state index in [9.17, 15) is 14.4 Å². The summed E-state index contributed by atoms with van der Waals surface area (Å²) in [6, 6.07) is 5.91. The molecule has 24 heavy (non-hydrogen) atoms. The lowest BCUT2D eigenvalue weighted by atomic mass is 10.2. The van der Waals surface area contributed by atoms with Crippen molar-refractivity contribution >= 4 is 23.4 Å². The summed E-state index contributed by atoms with van der Waals surface area (Å²) < 4.78 is 4.92. The summed E-state index contributed by atoms with van der Waals surface area (Å²) in [6.07, 6.45) is 0.0498. The quantitative estimate of drug-likeness (QED) is 0.325. The van der Waals surface area contributed by atoms with Gasteiger partial charge < -0.3 is 14.9 Å². The van der Waals surface area contributed by atoms with E-state index in [0.717, 1.165) is 0 Å². The maximum atomic E-state index is 11.6. The number of carboxylic acids is 1. The predicted molar refractivity (Wildman–Crippen MR) is 84.1 cm³/mol. The normalized spacial score (nSPS) is 12.8. The SMILES string of the molecule is C/C(=C\C(C)OC(=O)CC(=O)CN=Nc1ccc(O)cc1)C(=O)O. The summed E-state index contributed by atoms with van der Waals surface area (Å²) in [5.74, 6) is -2.26. The van der Waals surface area contributed by atoms with Crippen LogP contribution in [-0.2, 0) is 19.1 Å². The molecule has 0 saturated carbocycles. The number of phenols is 1. The Kier molecular flexibility index (Phi) is 7.28. The number of ether oxygens (including phenoxy) is 1. The monoisotopic (exact) mass is 334 g/mol. The van der Waals surface area contributed by atoms with E-state index < -0.39 is 30.2 Å². The van der Waals surface area contributed by atoms with Crippen molar-refractivity contribution in [3.63, 3.8) is 0 Å². The minimum absolute atomic E-state index is 0.0457. The summed E-state index contributed by atoms with van der Waals surface area (Å²) in [5, 5.41) is 25.3. The number of esters is 1.